The summed E-state index contributed by atoms with van der Waals surface area (Å²) >= 11 is 13.7. The number of nitrogens with one attached hydrogen (secondary N) is 1. The number of carbonyl (C=O) groups is 1. The number of aromatic nitrogens is 1. The van der Waals surface area contributed by atoms with Gasteiger partial charge in [-0.1, -0.05) is 35.3 Å². The summed E-state index contributed by atoms with van der Waals surface area (Å²) in [7, 11) is 0. The number of rotatable bonds is 3. The second-order valence-corrected chi connectivity index (χ2v) is 7.52. The maximum absolute atomic E-state index is 12.4. The number of benzene rings is 3. The van der Waals surface area contributed by atoms with Gasteiger partial charge in [-0.3, -0.25) is 4.79 Å². The number of hydrogen-bond donors (Lipinski definition) is 1. The fourth-order valence-electron chi connectivity index (χ4n) is 2.56. The van der Waals surface area contributed by atoms with Crippen molar-refractivity contribution in [3.63, 3.8) is 0 Å². The van der Waals surface area contributed by atoms with E-state index in [0.717, 1.165) is 20.8 Å². The minimum atomic E-state index is -0.301. The van der Waals surface area contributed by atoms with Gasteiger partial charge in [-0.15, -0.1) is 11.3 Å². The molecule has 0 radical (unpaired) electrons. The van der Waals surface area contributed by atoms with Crippen molar-refractivity contribution in [2.45, 2.75) is 0 Å². The number of thiazole rings is 1. The molecule has 3 nitrogen and oxygen atoms in total. The summed E-state index contributed by atoms with van der Waals surface area (Å²) in [6.07, 6.45) is 0. The Morgan fingerprint density at radius 2 is 1.73 bits per heavy atom. The molecule has 0 saturated carbocycles. The van der Waals surface area contributed by atoms with Gasteiger partial charge in [0.25, 0.3) is 5.91 Å². The Kier molecular flexibility index (Phi) is 4.64. The lowest BCUT2D eigenvalue weighted by molar-refractivity contribution is 0.102. The molecule has 0 aliphatic rings. The zero-order valence-corrected chi connectivity index (χ0v) is 15.7. The highest BCUT2D eigenvalue weighted by Crippen LogP contribution is 2.30. The van der Waals surface area contributed by atoms with Crippen LogP contribution in [0.4, 0.5) is 5.69 Å². The second kappa shape index (κ2) is 7.08. The fourth-order valence-corrected chi connectivity index (χ4v) is 3.91. The van der Waals surface area contributed by atoms with Gasteiger partial charge in [0.2, 0.25) is 0 Å². The standard InChI is InChI=1S/C20H12Cl2N2OS/c21-13-7-10-16(22)15(11-13)19(25)23-14-8-5-12(6-9-14)20-24-17-3-1-2-4-18(17)26-20/h1-11H,(H,23,25). The molecule has 0 aliphatic carbocycles. The van der Waals surface area contributed by atoms with Crippen molar-refractivity contribution in [3.8, 4) is 10.6 Å². The first-order valence-electron chi connectivity index (χ1n) is 7.82. The molecule has 4 aromatic rings. The number of hydrogen-bond acceptors (Lipinski definition) is 3. The van der Waals surface area contributed by atoms with Crippen LogP contribution in [0.5, 0.6) is 0 Å². The van der Waals surface area contributed by atoms with Crippen molar-refractivity contribution in [1.29, 1.82) is 0 Å². The first-order valence-corrected chi connectivity index (χ1v) is 9.40. The van der Waals surface area contributed by atoms with Crippen molar-refractivity contribution in [2.75, 3.05) is 5.32 Å². The van der Waals surface area contributed by atoms with Gasteiger partial charge in [-0.25, -0.2) is 4.98 Å². The van der Waals surface area contributed by atoms with Crippen LogP contribution in [0.3, 0.4) is 0 Å². The summed E-state index contributed by atoms with van der Waals surface area (Å²) < 4.78 is 1.15. The van der Waals surface area contributed by atoms with E-state index in [0.29, 0.717) is 21.3 Å². The van der Waals surface area contributed by atoms with E-state index in [4.69, 9.17) is 23.2 Å². The molecule has 0 aliphatic heterocycles. The Hall–Kier alpha value is -2.40. The zero-order chi connectivity index (χ0) is 18.1. The van der Waals surface area contributed by atoms with Crippen LogP contribution >= 0.6 is 34.5 Å². The van der Waals surface area contributed by atoms with Crippen LogP contribution in [0.2, 0.25) is 10.0 Å². The lowest BCUT2D eigenvalue weighted by atomic mass is 10.2. The monoisotopic (exact) mass is 398 g/mol. The third kappa shape index (κ3) is 3.44. The van der Waals surface area contributed by atoms with Gasteiger partial charge >= 0.3 is 0 Å². The lowest BCUT2D eigenvalue weighted by Crippen LogP contribution is -2.12. The minimum Gasteiger partial charge on any atom is -0.322 e. The molecule has 1 aromatic heterocycles. The molecule has 3 aromatic carbocycles. The number of halogens is 2. The van der Waals surface area contributed by atoms with Crippen LogP contribution in [0.15, 0.2) is 66.7 Å². The van der Waals surface area contributed by atoms with E-state index in [1.165, 1.54) is 0 Å². The first-order chi connectivity index (χ1) is 12.6. The van der Waals surface area contributed by atoms with Gasteiger partial charge in [0.15, 0.2) is 0 Å². The van der Waals surface area contributed by atoms with E-state index in [2.05, 4.69) is 16.4 Å². The molecule has 0 bridgehead atoms. The summed E-state index contributed by atoms with van der Waals surface area (Å²) in [4.78, 5) is 17.0. The molecule has 1 N–H and O–H groups in total. The maximum atomic E-state index is 12.4. The number of nitrogens with zero attached hydrogens (tertiary/aromatic N) is 1. The Morgan fingerprint density at radius 3 is 2.50 bits per heavy atom. The predicted octanol–water partition coefficient (Wildman–Crippen LogP) is 6.52. The van der Waals surface area contributed by atoms with Gasteiger partial charge in [0, 0.05) is 16.3 Å². The smallest absolute Gasteiger partial charge is 0.257 e. The summed E-state index contributed by atoms with van der Waals surface area (Å²) in [5, 5.41) is 4.60. The van der Waals surface area contributed by atoms with Crippen LogP contribution in [0.25, 0.3) is 20.8 Å². The molecule has 1 heterocycles. The van der Waals surface area contributed by atoms with Crippen LogP contribution in [0.1, 0.15) is 10.4 Å². The van der Waals surface area contributed by atoms with Gasteiger partial charge in [-0.2, -0.15) is 0 Å². The third-order valence-electron chi connectivity index (χ3n) is 3.86. The predicted molar refractivity (Wildman–Crippen MR) is 109 cm³/mol. The molecule has 0 fully saturated rings. The lowest BCUT2D eigenvalue weighted by Gasteiger charge is -2.07. The molecular weight excluding hydrogens is 387 g/mol. The summed E-state index contributed by atoms with van der Waals surface area (Å²) in [6, 6.07) is 20.4. The number of carbonyl (C=O) groups excluding carboxylic acids is 1. The topological polar surface area (TPSA) is 42.0 Å². The molecule has 0 atom stereocenters. The molecule has 0 spiro atoms. The van der Waals surface area contributed by atoms with E-state index >= 15 is 0 Å². The quantitative estimate of drug-likeness (QED) is 0.426. The number of anilines is 1. The molecular formula is C20H12Cl2N2OS. The van der Waals surface area contributed by atoms with Crippen LogP contribution in [-0.4, -0.2) is 10.9 Å². The van der Waals surface area contributed by atoms with Crippen LogP contribution in [-0.2, 0) is 0 Å². The SMILES string of the molecule is O=C(Nc1ccc(-c2nc3ccccc3s2)cc1)c1cc(Cl)ccc1Cl. The van der Waals surface area contributed by atoms with E-state index < -0.39 is 0 Å². The van der Waals surface area contributed by atoms with Crippen molar-refractivity contribution >= 4 is 56.3 Å². The zero-order valence-electron chi connectivity index (χ0n) is 13.4. The molecule has 6 heteroatoms. The van der Waals surface area contributed by atoms with Crippen LogP contribution < -0.4 is 5.32 Å². The van der Waals surface area contributed by atoms with E-state index in [9.17, 15) is 4.79 Å². The molecule has 0 saturated heterocycles. The van der Waals surface area contributed by atoms with Crippen LogP contribution in [0, 0.1) is 0 Å². The first kappa shape index (κ1) is 17.0. The van der Waals surface area contributed by atoms with Gasteiger partial charge in [-0.05, 0) is 54.6 Å². The third-order valence-corrected chi connectivity index (χ3v) is 5.51. The van der Waals surface area contributed by atoms with Crippen molar-refractivity contribution < 1.29 is 4.79 Å². The van der Waals surface area contributed by atoms with Gasteiger partial charge < -0.3 is 5.32 Å². The number of amides is 1. The average molecular weight is 399 g/mol. The Bertz CT molecular complexity index is 1070. The molecule has 4 rings (SSSR count). The van der Waals surface area contributed by atoms with E-state index in [-0.39, 0.29) is 5.91 Å². The van der Waals surface area contributed by atoms with E-state index in [1.807, 2.05) is 42.5 Å². The largest absolute Gasteiger partial charge is 0.322 e. The molecule has 0 unspecified atom stereocenters. The Labute approximate surface area is 164 Å². The van der Waals surface area contributed by atoms with Gasteiger partial charge in [0.05, 0.1) is 20.8 Å². The Balaban J connectivity index is 1.56. The van der Waals surface area contributed by atoms with Crippen molar-refractivity contribution in [3.05, 3.63) is 82.3 Å². The molecule has 128 valence electrons. The second-order valence-electron chi connectivity index (χ2n) is 5.64. The highest BCUT2D eigenvalue weighted by Gasteiger charge is 2.12. The van der Waals surface area contributed by atoms with Gasteiger partial charge in [0.1, 0.15) is 5.01 Å². The number of para-hydroxylation sites is 1. The summed E-state index contributed by atoms with van der Waals surface area (Å²) in [5.74, 6) is -0.301. The van der Waals surface area contributed by atoms with Crippen molar-refractivity contribution in [2.24, 2.45) is 0 Å². The molecule has 1 amide bonds. The maximum Gasteiger partial charge on any atom is 0.257 e. The average Bonchev–Trinajstić information content (AvgIpc) is 3.08. The summed E-state index contributed by atoms with van der Waals surface area (Å²) in [5.41, 5.74) is 3.01. The highest BCUT2D eigenvalue weighted by atomic mass is 35.5. The molecule has 26 heavy (non-hydrogen) atoms. The Morgan fingerprint density at radius 1 is 0.962 bits per heavy atom. The number of fused-ring (bicyclic) bond motifs is 1. The van der Waals surface area contributed by atoms with Crippen molar-refractivity contribution in [1.82, 2.24) is 4.98 Å². The van der Waals surface area contributed by atoms with E-state index in [1.54, 1.807) is 29.5 Å². The fraction of sp³-hybridized carbons (Fsp3) is 0. The minimum absolute atomic E-state index is 0.301. The highest BCUT2D eigenvalue weighted by molar-refractivity contribution is 7.21. The normalized spacial score (nSPS) is 10.8. The summed E-state index contributed by atoms with van der Waals surface area (Å²) in [6.45, 7) is 0.